The summed E-state index contributed by atoms with van der Waals surface area (Å²) in [6, 6.07) is 0.803. The zero-order chi connectivity index (χ0) is 13.7. The van der Waals surface area contributed by atoms with E-state index in [0.717, 1.165) is 44.6 Å². The van der Waals surface area contributed by atoms with E-state index in [1.54, 1.807) is 0 Å². The van der Waals surface area contributed by atoms with Crippen LogP contribution < -0.4 is 5.32 Å². The average molecular weight is 288 g/mol. The first-order valence-corrected chi connectivity index (χ1v) is 9.57. The first-order valence-electron chi connectivity index (χ1n) is 7.75. The monoisotopic (exact) mass is 288 g/mol. The van der Waals surface area contributed by atoms with Crippen molar-refractivity contribution in [3.8, 4) is 0 Å². The molecule has 0 amide bonds. The molecule has 1 saturated heterocycles. The predicted molar refractivity (Wildman–Crippen MR) is 79.1 cm³/mol. The van der Waals surface area contributed by atoms with E-state index in [1.807, 2.05) is 6.92 Å². The Balaban J connectivity index is 1.60. The zero-order valence-corrected chi connectivity index (χ0v) is 12.9. The molecule has 2 rings (SSSR count). The minimum Gasteiger partial charge on any atom is -0.314 e. The van der Waals surface area contributed by atoms with Crippen molar-refractivity contribution in [3.05, 3.63) is 0 Å². The number of rotatable bonds is 8. The largest absolute Gasteiger partial charge is 0.314 e. The Morgan fingerprint density at radius 2 is 1.79 bits per heavy atom. The highest BCUT2D eigenvalue weighted by atomic mass is 32.2. The topological polar surface area (TPSA) is 49.4 Å². The molecule has 0 aromatic rings. The van der Waals surface area contributed by atoms with Gasteiger partial charge in [-0.05, 0) is 57.7 Å². The molecule has 1 saturated carbocycles. The van der Waals surface area contributed by atoms with E-state index in [-0.39, 0.29) is 0 Å². The highest BCUT2D eigenvalue weighted by molar-refractivity contribution is 7.91. The number of piperidine rings is 1. The van der Waals surface area contributed by atoms with Crippen LogP contribution in [0.2, 0.25) is 0 Å². The maximum Gasteiger partial charge on any atom is 0.151 e. The van der Waals surface area contributed by atoms with Gasteiger partial charge in [0.2, 0.25) is 0 Å². The Labute approximate surface area is 117 Å². The molecular formula is C14H28N2O2S. The molecule has 0 spiro atoms. The predicted octanol–water partition coefficient (Wildman–Crippen LogP) is 1.28. The van der Waals surface area contributed by atoms with E-state index < -0.39 is 9.84 Å². The summed E-state index contributed by atoms with van der Waals surface area (Å²) in [6.07, 6.45) is 5.88. The second-order valence-corrected chi connectivity index (χ2v) is 8.42. The van der Waals surface area contributed by atoms with Gasteiger partial charge >= 0.3 is 0 Å². The van der Waals surface area contributed by atoms with E-state index in [4.69, 9.17) is 0 Å². The van der Waals surface area contributed by atoms with Crippen molar-refractivity contribution >= 4 is 9.84 Å². The number of nitrogens with one attached hydrogen (secondary N) is 1. The summed E-state index contributed by atoms with van der Waals surface area (Å²) in [5.74, 6) is 1.48. The third kappa shape index (κ3) is 5.79. The van der Waals surface area contributed by atoms with Gasteiger partial charge in [-0.15, -0.1) is 0 Å². The number of nitrogens with zero attached hydrogens (tertiary/aromatic N) is 1. The Kier molecular flexibility index (Phi) is 5.66. The lowest BCUT2D eigenvalue weighted by Crippen LogP contribution is -2.39. The van der Waals surface area contributed by atoms with Crippen molar-refractivity contribution in [2.24, 2.45) is 5.92 Å². The molecule has 0 radical (unpaired) electrons. The van der Waals surface area contributed by atoms with Gasteiger partial charge in [0.1, 0.15) is 0 Å². The molecule has 0 atom stereocenters. The van der Waals surface area contributed by atoms with Gasteiger partial charge < -0.3 is 10.2 Å². The molecule has 5 heteroatoms. The molecular weight excluding hydrogens is 260 g/mol. The van der Waals surface area contributed by atoms with Crippen molar-refractivity contribution in [1.82, 2.24) is 10.2 Å². The van der Waals surface area contributed by atoms with Gasteiger partial charge in [0.05, 0.1) is 5.75 Å². The summed E-state index contributed by atoms with van der Waals surface area (Å²) in [5.41, 5.74) is 0. The van der Waals surface area contributed by atoms with E-state index in [9.17, 15) is 8.42 Å². The van der Waals surface area contributed by atoms with Crippen molar-refractivity contribution in [3.63, 3.8) is 0 Å². The lowest BCUT2D eigenvalue weighted by molar-refractivity contribution is 0.190. The van der Waals surface area contributed by atoms with Crippen LogP contribution in [0.4, 0.5) is 0 Å². The quantitative estimate of drug-likeness (QED) is 0.731. The molecule has 2 aliphatic rings. The fourth-order valence-corrected chi connectivity index (χ4v) is 4.08. The Morgan fingerprint density at radius 1 is 1.11 bits per heavy atom. The van der Waals surface area contributed by atoms with Crippen molar-refractivity contribution in [2.75, 3.05) is 37.7 Å². The molecule has 1 N–H and O–H groups in total. The third-order valence-electron chi connectivity index (χ3n) is 4.21. The Morgan fingerprint density at radius 3 is 2.37 bits per heavy atom. The van der Waals surface area contributed by atoms with E-state index in [2.05, 4.69) is 10.2 Å². The summed E-state index contributed by atoms with van der Waals surface area (Å²) >= 11 is 0. The Bertz CT molecular complexity index is 358. The van der Waals surface area contributed by atoms with Gasteiger partial charge in [-0.1, -0.05) is 6.92 Å². The standard InChI is InChI=1S/C14H28N2O2S/c1-2-10-19(17,18)11-9-16-7-5-13(6-8-16)12-15-14-3-4-14/h13-15H,2-12H2,1H3. The molecule has 0 aromatic heterocycles. The maximum atomic E-state index is 11.7. The van der Waals surface area contributed by atoms with Crippen LogP contribution in [0.25, 0.3) is 0 Å². The van der Waals surface area contributed by atoms with Crippen molar-refractivity contribution in [1.29, 1.82) is 0 Å². The van der Waals surface area contributed by atoms with Gasteiger partial charge in [0.15, 0.2) is 9.84 Å². The second kappa shape index (κ2) is 7.04. The SMILES string of the molecule is CCCS(=O)(=O)CCN1CCC(CNC2CC2)CC1. The number of hydrogen-bond acceptors (Lipinski definition) is 4. The van der Waals surface area contributed by atoms with E-state index in [1.165, 1.54) is 25.7 Å². The summed E-state index contributed by atoms with van der Waals surface area (Å²) in [5, 5.41) is 3.60. The summed E-state index contributed by atoms with van der Waals surface area (Å²) in [7, 11) is -2.81. The molecule has 0 bridgehead atoms. The molecule has 1 heterocycles. The van der Waals surface area contributed by atoms with Crippen molar-refractivity contribution < 1.29 is 8.42 Å². The van der Waals surface area contributed by atoms with E-state index in [0.29, 0.717) is 11.5 Å². The van der Waals surface area contributed by atoms with Crippen LogP contribution in [-0.4, -0.2) is 57.0 Å². The van der Waals surface area contributed by atoms with Crippen LogP contribution in [0.15, 0.2) is 0 Å². The number of hydrogen-bond donors (Lipinski definition) is 1. The fraction of sp³-hybridized carbons (Fsp3) is 1.00. The van der Waals surface area contributed by atoms with Crippen LogP contribution in [0, 0.1) is 5.92 Å². The highest BCUT2D eigenvalue weighted by Crippen LogP contribution is 2.21. The minimum absolute atomic E-state index is 0.339. The van der Waals surface area contributed by atoms with Crippen LogP contribution >= 0.6 is 0 Å². The first kappa shape index (κ1) is 15.3. The normalized spacial score (nSPS) is 22.8. The van der Waals surface area contributed by atoms with Crippen LogP contribution in [0.3, 0.4) is 0 Å². The molecule has 0 aromatic carbocycles. The smallest absolute Gasteiger partial charge is 0.151 e. The number of likely N-dealkylation sites (tertiary alicyclic amines) is 1. The van der Waals surface area contributed by atoms with Crippen LogP contribution in [0.1, 0.15) is 39.0 Å². The van der Waals surface area contributed by atoms with Gasteiger partial charge in [-0.3, -0.25) is 0 Å². The summed E-state index contributed by atoms with van der Waals surface area (Å²) < 4.78 is 23.4. The Hall–Kier alpha value is -0.130. The third-order valence-corrected chi connectivity index (χ3v) is 6.05. The zero-order valence-electron chi connectivity index (χ0n) is 12.1. The van der Waals surface area contributed by atoms with Gasteiger partial charge in [0.25, 0.3) is 0 Å². The molecule has 1 aliphatic heterocycles. The highest BCUT2D eigenvalue weighted by Gasteiger charge is 2.24. The van der Waals surface area contributed by atoms with Gasteiger partial charge in [-0.25, -0.2) is 8.42 Å². The number of sulfone groups is 1. The van der Waals surface area contributed by atoms with Crippen molar-refractivity contribution in [2.45, 2.75) is 45.1 Å². The average Bonchev–Trinajstić information content (AvgIpc) is 3.19. The molecule has 4 nitrogen and oxygen atoms in total. The van der Waals surface area contributed by atoms with Crippen LogP contribution in [0.5, 0.6) is 0 Å². The van der Waals surface area contributed by atoms with E-state index >= 15 is 0 Å². The molecule has 2 fully saturated rings. The summed E-state index contributed by atoms with van der Waals surface area (Å²) in [4.78, 5) is 2.32. The molecule has 112 valence electrons. The first-order chi connectivity index (χ1) is 9.09. The molecule has 19 heavy (non-hydrogen) atoms. The molecule has 1 aliphatic carbocycles. The van der Waals surface area contributed by atoms with Gasteiger partial charge in [-0.2, -0.15) is 0 Å². The van der Waals surface area contributed by atoms with Gasteiger partial charge in [0, 0.05) is 18.3 Å². The maximum absolute atomic E-state index is 11.7. The van der Waals surface area contributed by atoms with Crippen LogP contribution in [-0.2, 0) is 9.84 Å². The minimum atomic E-state index is -2.81. The molecule has 0 unspecified atom stereocenters. The lowest BCUT2D eigenvalue weighted by atomic mass is 9.97. The lowest BCUT2D eigenvalue weighted by Gasteiger charge is -2.32. The summed E-state index contributed by atoms with van der Waals surface area (Å²) in [6.45, 7) is 5.95. The fourth-order valence-electron chi connectivity index (χ4n) is 2.72. The second-order valence-electron chi connectivity index (χ2n) is 6.12.